The lowest BCUT2D eigenvalue weighted by molar-refractivity contribution is 0.345. The van der Waals surface area contributed by atoms with Gasteiger partial charge in [0.25, 0.3) is 0 Å². The van der Waals surface area contributed by atoms with E-state index in [0.717, 1.165) is 10.0 Å². The van der Waals surface area contributed by atoms with Gasteiger partial charge in [-0.25, -0.2) is 8.42 Å². The molecule has 0 spiro atoms. The predicted molar refractivity (Wildman–Crippen MR) is 95.5 cm³/mol. The molecule has 0 saturated carbocycles. The first-order chi connectivity index (χ1) is 10.9. The Morgan fingerprint density at radius 1 is 1.13 bits per heavy atom. The number of benzene rings is 2. The Balaban J connectivity index is 2.00. The third-order valence-electron chi connectivity index (χ3n) is 3.54. The highest BCUT2D eigenvalue weighted by molar-refractivity contribution is 9.10. The second kappa shape index (κ2) is 7.95. The molecule has 0 bridgehead atoms. The molecular formula is C17H20BrNO3S. The van der Waals surface area contributed by atoms with E-state index >= 15 is 0 Å². The summed E-state index contributed by atoms with van der Waals surface area (Å²) in [6.07, 6.45) is 0. The molecule has 0 heterocycles. The molecule has 2 aromatic carbocycles. The van der Waals surface area contributed by atoms with Crippen LogP contribution in [0.4, 0.5) is 0 Å². The van der Waals surface area contributed by atoms with Gasteiger partial charge in [-0.1, -0.05) is 40.2 Å². The summed E-state index contributed by atoms with van der Waals surface area (Å²) in [7, 11) is 0.118. The molecule has 124 valence electrons. The van der Waals surface area contributed by atoms with Crippen molar-refractivity contribution in [2.24, 2.45) is 0 Å². The summed E-state index contributed by atoms with van der Waals surface area (Å²) in [5, 5.41) is 0. The van der Waals surface area contributed by atoms with Crippen LogP contribution in [0.5, 0.6) is 5.75 Å². The number of rotatable bonds is 7. The van der Waals surface area contributed by atoms with Gasteiger partial charge in [-0.15, -0.1) is 0 Å². The molecule has 0 unspecified atom stereocenters. The van der Waals surface area contributed by atoms with E-state index in [0.29, 0.717) is 23.7 Å². The zero-order valence-electron chi connectivity index (χ0n) is 13.2. The Morgan fingerprint density at radius 2 is 1.87 bits per heavy atom. The smallest absolute Gasteiger partial charge is 0.179 e. The minimum Gasteiger partial charge on any atom is -0.497 e. The Kier molecular flexibility index (Phi) is 6.21. The average molecular weight is 398 g/mol. The molecule has 0 aromatic heterocycles. The van der Waals surface area contributed by atoms with Crippen molar-refractivity contribution in [2.75, 3.05) is 26.5 Å². The van der Waals surface area contributed by atoms with Crippen LogP contribution in [-0.4, -0.2) is 39.8 Å². The molecular weight excluding hydrogens is 378 g/mol. The molecule has 0 aliphatic carbocycles. The summed E-state index contributed by atoms with van der Waals surface area (Å²) in [5.74, 6) is 0.619. The van der Waals surface area contributed by atoms with Gasteiger partial charge in [-0.05, 0) is 36.9 Å². The Labute approximate surface area is 146 Å². The van der Waals surface area contributed by atoms with Crippen molar-refractivity contribution < 1.29 is 13.2 Å². The summed E-state index contributed by atoms with van der Waals surface area (Å²) in [5.41, 5.74) is 1.13. The van der Waals surface area contributed by atoms with E-state index in [1.807, 2.05) is 36.2 Å². The molecule has 0 atom stereocenters. The highest BCUT2D eigenvalue weighted by atomic mass is 79.9. The van der Waals surface area contributed by atoms with Gasteiger partial charge in [0.1, 0.15) is 5.75 Å². The van der Waals surface area contributed by atoms with Crippen LogP contribution in [0.3, 0.4) is 0 Å². The Bertz CT molecular complexity index is 762. The number of nitrogens with zero attached hydrogens (tertiary/aromatic N) is 1. The molecule has 0 amide bonds. The van der Waals surface area contributed by atoms with Crippen molar-refractivity contribution in [1.82, 2.24) is 4.90 Å². The second-order valence-corrected chi connectivity index (χ2v) is 8.29. The molecule has 0 aliphatic heterocycles. The van der Waals surface area contributed by atoms with Gasteiger partial charge in [0.15, 0.2) is 9.84 Å². The van der Waals surface area contributed by atoms with Crippen molar-refractivity contribution in [2.45, 2.75) is 11.4 Å². The lowest BCUT2D eigenvalue weighted by atomic mass is 10.2. The van der Waals surface area contributed by atoms with E-state index in [1.165, 1.54) is 7.11 Å². The summed E-state index contributed by atoms with van der Waals surface area (Å²) < 4.78 is 31.0. The Morgan fingerprint density at radius 3 is 2.57 bits per heavy atom. The normalized spacial score (nSPS) is 11.7. The number of methoxy groups -OCH3 is 1. The molecule has 0 radical (unpaired) electrons. The largest absolute Gasteiger partial charge is 0.497 e. The van der Waals surface area contributed by atoms with Gasteiger partial charge in [-0.2, -0.15) is 0 Å². The summed E-state index contributed by atoms with van der Waals surface area (Å²) in [4.78, 5) is 2.30. The van der Waals surface area contributed by atoms with E-state index < -0.39 is 9.84 Å². The first kappa shape index (κ1) is 18.0. The topological polar surface area (TPSA) is 46.6 Å². The monoisotopic (exact) mass is 397 g/mol. The molecule has 2 aromatic rings. The van der Waals surface area contributed by atoms with E-state index in [-0.39, 0.29) is 5.75 Å². The fraction of sp³-hybridized carbons (Fsp3) is 0.294. The number of hydrogen-bond acceptors (Lipinski definition) is 4. The molecule has 0 saturated heterocycles. The van der Waals surface area contributed by atoms with Crippen molar-refractivity contribution in [3.05, 3.63) is 58.6 Å². The van der Waals surface area contributed by atoms with Crippen LogP contribution in [0.15, 0.2) is 57.9 Å². The molecule has 0 aliphatic rings. The van der Waals surface area contributed by atoms with Crippen LogP contribution in [0.2, 0.25) is 0 Å². The first-order valence-corrected chi connectivity index (χ1v) is 9.65. The highest BCUT2D eigenvalue weighted by Crippen LogP contribution is 2.19. The average Bonchev–Trinajstić information content (AvgIpc) is 2.55. The Hall–Kier alpha value is -1.37. The summed E-state index contributed by atoms with van der Waals surface area (Å²) >= 11 is 3.51. The van der Waals surface area contributed by atoms with Gasteiger partial charge in [0.05, 0.1) is 17.8 Å². The zero-order valence-corrected chi connectivity index (χ0v) is 15.6. The van der Waals surface area contributed by atoms with Crippen LogP contribution in [-0.2, 0) is 16.4 Å². The van der Waals surface area contributed by atoms with Gasteiger partial charge >= 0.3 is 0 Å². The maximum absolute atomic E-state index is 12.4. The zero-order chi connectivity index (χ0) is 16.9. The van der Waals surface area contributed by atoms with Gasteiger partial charge in [0.2, 0.25) is 0 Å². The lowest BCUT2D eigenvalue weighted by Gasteiger charge is -2.17. The molecule has 4 nitrogen and oxygen atoms in total. The highest BCUT2D eigenvalue weighted by Gasteiger charge is 2.16. The molecule has 6 heteroatoms. The van der Waals surface area contributed by atoms with Crippen LogP contribution < -0.4 is 4.74 Å². The fourth-order valence-corrected chi connectivity index (χ4v) is 3.96. The van der Waals surface area contributed by atoms with E-state index in [2.05, 4.69) is 15.9 Å². The van der Waals surface area contributed by atoms with Crippen molar-refractivity contribution in [3.63, 3.8) is 0 Å². The molecule has 23 heavy (non-hydrogen) atoms. The van der Waals surface area contributed by atoms with Crippen LogP contribution in [0.1, 0.15) is 5.56 Å². The maximum Gasteiger partial charge on any atom is 0.179 e. The molecule has 0 fully saturated rings. The van der Waals surface area contributed by atoms with Crippen molar-refractivity contribution in [1.29, 1.82) is 0 Å². The van der Waals surface area contributed by atoms with Gasteiger partial charge in [0, 0.05) is 17.6 Å². The SMILES string of the molecule is COc1cccc(S(=O)(=O)CCN(C)Cc2ccccc2Br)c1. The number of halogens is 1. The third kappa shape index (κ3) is 5.06. The fourth-order valence-electron chi connectivity index (χ4n) is 2.18. The van der Waals surface area contributed by atoms with Crippen LogP contribution in [0, 0.1) is 0 Å². The molecule has 2 rings (SSSR count). The van der Waals surface area contributed by atoms with Crippen molar-refractivity contribution in [3.8, 4) is 5.75 Å². The van der Waals surface area contributed by atoms with Crippen LogP contribution in [0.25, 0.3) is 0 Å². The second-order valence-electron chi connectivity index (χ2n) is 5.33. The summed E-state index contributed by atoms with van der Waals surface area (Å²) in [6, 6.07) is 14.5. The number of sulfone groups is 1. The quantitative estimate of drug-likeness (QED) is 0.718. The minimum atomic E-state index is -3.32. The number of ether oxygens (including phenoxy) is 1. The number of hydrogen-bond donors (Lipinski definition) is 0. The van der Waals surface area contributed by atoms with E-state index in [1.54, 1.807) is 24.3 Å². The lowest BCUT2D eigenvalue weighted by Crippen LogP contribution is -2.25. The summed E-state index contributed by atoms with van der Waals surface area (Å²) in [6.45, 7) is 1.15. The maximum atomic E-state index is 12.4. The predicted octanol–water partition coefficient (Wildman–Crippen LogP) is 3.36. The van der Waals surface area contributed by atoms with E-state index in [9.17, 15) is 8.42 Å². The minimum absolute atomic E-state index is 0.0706. The van der Waals surface area contributed by atoms with Gasteiger partial charge in [-0.3, -0.25) is 0 Å². The molecule has 0 N–H and O–H groups in total. The van der Waals surface area contributed by atoms with Crippen molar-refractivity contribution >= 4 is 25.8 Å². The van der Waals surface area contributed by atoms with Gasteiger partial charge < -0.3 is 9.64 Å². The third-order valence-corrected chi connectivity index (χ3v) is 6.01. The first-order valence-electron chi connectivity index (χ1n) is 7.21. The van der Waals surface area contributed by atoms with Crippen LogP contribution >= 0.6 is 15.9 Å². The van der Waals surface area contributed by atoms with E-state index in [4.69, 9.17) is 4.74 Å². The standard InChI is InChI=1S/C17H20BrNO3S/c1-19(13-14-6-3-4-9-17(14)18)10-11-23(20,21)16-8-5-7-15(12-16)22-2/h3-9,12H,10-11,13H2,1-2H3.